The summed E-state index contributed by atoms with van der Waals surface area (Å²) in [5.74, 6) is -2.15. The Balaban J connectivity index is 3.67. The third-order valence-corrected chi connectivity index (χ3v) is 5.01. The molecule has 0 aromatic carbocycles. The molecule has 0 aliphatic heterocycles. The Labute approximate surface area is 155 Å². The summed E-state index contributed by atoms with van der Waals surface area (Å²) in [6.45, 7) is 0.0446. The first-order chi connectivity index (χ1) is 12.1. The second kappa shape index (κ2) is 13.9. The van der Waals surface area contributed by atoms with Crippen molar-refractivity contribution in [3.8, 4) is 0 Å². The Morgan fingerprint density at radius 3 is 1.77 bits per heavy atom. The van der Waals surface area contributed by atoms with E-state index >= 15 is 0 Å². The van der Waals surface area contributed by atoms with Gasteiger partial charge in [-0.05, 0) is 12.8 Å². The molecule has 0 bridgehead atoms. The molecule has 0 aromatic heterocycles. The van der Waals surface area contributed by atoms with Crippen molar-refractivity contribution in [2.45, 2.75) is 82.0 Å². The molecule has 0 aromatic rings. The van der Waals surface area contributed by atoms with E-state index in [1.54, 1.807) is 0 Å². The van der Waals surface area contributed by atoms with Crippen LogP contribution in [0.4, 0.5) is 0 Å². The molecule has 0 fully saturated rings. The number of hydrogen-bond donors (Lipinski definition) is 4. The largest absolute Gasteiger partial charge is 0.465 e. The van der Waals surface area contributed by atoms with Gasteiger partial charge in [-0.1, -0.05) is 51.4 Å². The number of rotatable bonds is 16. The molecule has 0 radical (unpaired) electrons. The van der Waals surface area contributed by atoms with Gasteiger partial charge in [-0.25, -0.2) is 0 Å². The van der Waals surface area contributed by atoms with Gasteiger partial charge < -0.3 is 21.9 Å². The molecular weight excluding hydrogens is 362 g/mol. The van der Waals surface area contributed by atoms with Crippen molar-refractivity contribution >= 4 is 22.0 Å². The quantitative estimate of drug-likeness (QED) is 0.128. The highest BCUT2D eigenvalue weighted by molar-refractivity contribution is 7.87. The van der Waals surface area contributed by atoms with E-state index in [9.17, 15) is 18.0 Å². The van der Waals surface area contributed by atoms with Crippen LogP contribution in [0.25, 0.3) is 0 Å². The highest BCUT2D eigenvalue weighted by atomic mass is 32.2. The van der Waals surface area contributed by atoms with E-state index in [0.29, 0.717) is 6.42 Å². The normalized spacial score (nSPS) is 12.9. The Morgan fingerprint density at radius 1 is 0.885 bits per heavy atom. The number of primary amides is 1. The van der Waals surface area contributed by atoms with Gasteiger partial charge in [-0.2, -0.15) is 8.42 Å². The molecule has 0 aliphatic carbocycles. The van der Waals surface area contributed by atoms with Gasteiger partial charge in [0.15, 0.2) is 5.25 Å². The SMILES string of the molecule is NC(=O)CC(C(=O)OCCCCCCCCCCCC(N)N)S(=O)(=O)O. The van der Waals surface area contributed by atoms with E-state index in [1.807, 2.05) is 0 Å². The summed E-state index contributed by atoms with van der Waals surface area (Å²) < 4.78 is 35.9. The molecule has 0 aliphatic rings. The molecule has 0 heterocycles. The third-order valence-electron chi connectivity index (χ3n) is 3.94. The lowest BCUT2D eigenvalue weighted by molar-refractivity contribution is -0.144. The third kappa shape index (κ3) is 14.0. The lowest BCUT2D eigenvalue weighted by Gasteiger charge is -2.11. The summed E-state index contributed by atoms with van der Waals surface area (Å²) in [6.07, 6.45) is 9.03. The molecule has 0 saturated heterocycles. The summed E-state index contributed by atoms with van der Waals surface area (Å²) in [4.78, 5) is 22.4. The maximum Gasteiger partial charge on any atom is 0.327 e. The van der Waals surface area contributed by atoms with E-state index in [0.717, 1.165) is 51.4 Å². The zero-order valence-electron chi connectivity index (χ0n) is 15.3. The Kier molecular flexibility index (Phi) is 13.2. The first-order valence-electron chi connectivity index (χ1n) is 9.07. The van der Waals surface area contributed by atoms with Crippen LogP contribution in [-0.4, -0.2) is 42.9 Å². The van der Waals surface area contributed by atoms with Crippen LogP contribution >= 0.6 is 0 Å². The Hall–Kier alpha value is -1.23. The number of nitrogens with two attached hydrogens (primary N) is 3. The predicted octanol–water partition coefficient (Wildman–Crippen LogP) is 0.806. The Bertz CT molecular complexity index is 510. The zero-order chi connectivity index (χ0) is 20.0. The van der Waals surface area contributed by atoms with E-state index in [4.69, 9.17) is 26.5 Å². The summed E-state index contributed by atoms with van der Waals surface area (Å²) in [7, 11) is -4.72. The average molecular weight is 396 g/mol. The molecule has 9 nitrogen and oxygen atoms in total. The first kappa shape index (κ1) is 24.8. The monoisotopic (exact) mass is 395 g/mol. The zero-order valence-corrected chi connectivity index (χ0v) is 16.1. The lowest BCUT2D eigenvalue weighted by Crippen LogP contribution is -2.35. The van der Waals surface area contributed by atoms with Crippen molar-refractivity contribution in [1.29, 1.82) is 0 Å². The minimum absolute atomic E-state index is 0.0446. The van der Waals surface area contributed by atoms with Gasteiger partial charge in [-0.3, -0.25) is 14.1 Å². The van der Waals surface area contributed by atoms with E-state index in [1.165, 1.54) is 6.42 Å². The molecule has 1 atom stereocenters. The van der Waals surface area contributed by atoms with Gasteiger partial charge >= 0.3 is 5.97 Å². The Morgan fingerprint density at radius 2 is 1.35 bits per heavy atom. The van der Waals surface area contributed by atoms with Crippen LogP contribution in [0.1, 0.15) is 70.6 Å². The molecule has 0 saturated carbocycles. The van der Waals surface area contributed by atoms with Crippen molar-refractivity contribution in [3.63, 3.8) is 0 Å². The van der Waals surface area contributed by atoms with Gasteiger partial charge in [0.1, 0.15) is 0 Å². The van der Waals surface area contributed by atoms with Gasteiger partial charge in [0.25, 0.3) is 10.1 Å². The minimum atomic E-state index is -4.72. The fourth-order valence-electron chi connectivity index (χ4n) is 2.48. The maximum atomic E-state index is 11.6. The highest BCUT2D eigenvalue weighted by Crippen LogP contribution is 2.11. The first-order valence-corrected chi connectivity index (χ1v) is 10.6. The summed E-state index contributed by atoms with van der Waals surface area (Å²) in [5.41, 5.74) is 15.8. The van der Waals surface area contributed by atoms with Crippen molar-refractivity contribution < 1.29 is 27.3 Å². The summed E-state index contributed by atoms with van der Waals surface area (Å²) >= 11 is 0. The fourth-order valence-corrected chi connectivity index (χ4v) is 3.16. The minimum Gasteiger partial charge on any atom is -0.465 e. The van der Waals surface area contributed by atoms with Crippen LogP contribution in [0.2, 0.25) is 0 Å². The molecule has 1 unspecified atom stereocenters. The van der Waals surface area contributed by atoms with Gasteiger partial charge in [0.05, 0.1) is 19.2 Å². The number of esters is 1. The lowest BCUT2D eigenvalue weighted by atomic mass is 10.1. The average Bonchev–Trinajstić information content (AvgIpc) is 2.52. The van der Waals surface area contributed by atoms with E-state index < -0.39 is 33.7 Å². The van der Waals surface area contributed by atoms with Crippen LogP contribution < -0.4 is 17.2 Å². The van der Waals surface area contributed by atoms with Gasteiger partial charge in [0.2, 0.25) is 5.91 Å². The molecule has 7 N–H and O–H groups in total. The smallest absolute Gasteiger partial charge is 0.327 e. The van der Waals surface area contributed by atoms with E-state index in [-0.39, 0.29) is 12.8 Å². The van der Waals surface area contributed by atoms with Crippen molar-refractivity contribution in [2.75, 3.05) is 6.61 Å². The molecule has 1 amide bonds. The second-order valence-corrected chi connectivity index (χ2v) is 8.08. The topological polar surface area (TPSA) is 176 Å². The molecule has 154 valence electrons. The molecule has 0 rings (SSSR count). The molecule has 10 heteroatoms. The van der Waals surface area contributed by atoms with E-state index in [2.05, 4.69) is 0 Å². The number of carbonyl (C=O) groups excluding carboxylic acids is 2. The molecular formula is C16H33N3O6S. The van der Waals surface area contributed by atoms with Crippen LogP contribution in [0.5, 0.6) is 0 Å². The number of hydrogen-bond acceptors (Lipinski definition) is 7. The number of carbonyl (C=O) groups is 2. The second-order valence-electron chi connectivity index (χ2n) is 6.48. The summed E-state index contributed by atoms with van der Waals surface area (Å²) in [5, 5.41) is -1.95. The maximum absolute atomic E-state index is 11.6. The van der Waals surface area contributed by atoms with Crippen LogP contribution in [0.3, 0.4) is 0 Å². The molecule has 0 spiro atoms. The van der Waals surface area contributed by atoms with Crippen molar-refractivity contribution in [3.05, 3.63) is 0 Å². The van der Waals surface area contributed by atoms with Gasteiger partial charge in [0, 0.05) is 0 Å². The van der Waals surface area contributed by atoms with Gasteiger partial charge in [-0.15, -0.1) is 0 Å². The number of unbranched alkanes of at least 4 members (excludes halogenated alkanes) is 8. The number of ether oxygens (including phenoxy) is 1. The van der Waals surface area contributed by atoms with Crippen molar-refractivity contribution in [1.82, 2.24) is 0 Å². The highest BCUT2D eigenvalue weighted by Gasteiger charge is 2.34. The van der Waals surface area contributed by atoms with Crippen molar-refractivity contribution in [2.24, 2.45) is 17.2 Å². The number of amides is 1. The molecule has 26 heavy (non-hydrogen) atoms. The van der Waals surface area contributed by atoms with Crippen LogP contribution in [-0.2, 0) is 24.4 Å². The summed E-state index contributed by atoms with van der Waals surface area (Å²) in [6, 6.07) is 0. The predicted molar refractivity (Wildman–Crippen MR) is 98.4 cm³/mol. The standard InChI is InChI=1S/C16H33N3O6S/c17-14(18)10-8-6-4-2-1-3-5-7-9-11-25-16(21)13(12-15(19)20)26(22,23)24/h13-14H,1-12,17-18H2,(H2,19,20)(H,22,23,24). The van der Waals surface area contributed by atoms with Crippen LogP contribution in [0.15, 0.2) is 0 Å². The fraction of sp³-hybridized carbons (Fsp3) is 0.875. The van der Waals surface area contributed by atoms with Crippen LogP contribution in [0, 0.1) is 0 Å².